The molecule has 8 heteroatoms. The van der Waals surface area contributed by atoms with Gasteiger partial charge in [0.2, 0.25) is 0 Å². The molecule has 0 saturated heterocycles. The molecule has 0 aliphatic carbocycles. The van der Waals surface area contributed by atoms with Crippen LogP contribution in [0.3, 0.4) is 0 Å². The molecule has 0 aliphatic rings. The van der Waals surface area contributed by atoms with Crippen molar-refractivity contribution in [2.75, 3.05) is 6.61 Å². The largest absolute Gasteiger partial charge is 4.00 e. The van der Waals surface area contributed by atoms with Gasteiger partial charge in [0, 0.05) is 18.2 Å². The molecular formula is C28H59NO6Ti+4. The Bertz CT molecular complexity index is 540. The third-order valence-corrected chi connectivity index (χ3v) is 2.55. The smallest absolute Gasteiger partial charge is 0.508 e. The van der Waals surface area contributed by atoms with Crippen LogP contribution in [-0.4, -0.2) is 65.7 Å². The van der Waals surface area contributed by atoms with E-state index in [0.717, 1.165) is 5.56 Å². The van der Waals surface area contributed by atoms with Crippen LogP contribution in [-0.2, 0) is 28.3 Å². The molecular weight excluding hydrogens is 494 g/mol. The summed E-state index contributed by atoms with van der Waals surface area (Å²) in [6.45, 7) is 25.7. The molecule has 7 N–H and O–H groups in total. The number of rotatable bonds is 5. The average Bonchev–Trinajstić information content (AvgIpc) is 2.50. The number of benzene rings is 1. The first kappa shape index (κ1) is 45.4. The summed E-state index contributed by atoms with van der Waals surface area (Å²) in [5.74, 6) is 0.673. The zero-order valence-corrected chi connectivity index (χ0v) is 27.1. The number of aromatic hydroxyl groups is 1. The van der Waals surface area contributed by atoms with Crippen molar-refractivity contribution < 1.29 is 52.4 Å². The number of phenols is 1. The Kier molecular flexibility index (Phi) is 27.0. The van der Waals surface area contributed by atoms with Gasteiger partial charge in [-0.15, -0.1) is 0 Å². The third kappa shape index (κ3) is 76.5. The predicted octanol–water partition coefficient (Wildman–Crippen LogP) is 4.61. The first-order chi connectivity index (χ1) is 15.1. The van der Waals surface area contributed by atoms with E-state index in [9.17, 15) is 5.11 Å². The van der Waals surface area contributed by atoms with Gasteiger partial charge in [-0.05, 0) is 95.1 Å². The predicted molar refractivity (Wildman–Crippen MR) is 149 cm³/mol. The van der Waals surface area contributed by atoms with Crippen molar-refractivity contribution in [1.29, 1.82) is 0 Å². The molecule has 0 aromatic heterocycles. The van der Waals surface area contributed by atoms with Crippen molar-refractivity contribution in [2.24, 2.45) is 5.92 Å². The van der Waals surface area contributed by atoms with Gasteiger partial charge < -0.3 is 36.0 Å². The van der Waals surface area contributed by atoms with Gasteiger partial charge in [0.15, 0.2) is 0 Å². The summed E-state index contributed by atoms with van der Waals surface area (Å²) >= 11 is 0. The fraction of sp³-hybridized carbons (Fsp3) is 0.786. The monoisotopic (exact) mass is 553 g/mol. The summed E-state index contributed by atoms with van der Waals surface area (Å²) in [7, 11) is 0. The number of aliphatic hydroxyl groups excluding tert-OH is 1. The van der Waals surface area contributed by atoms with Gasteiger partial charge in [0.25, 0.3) is 0 Å². The summed E-state index contributed by atoms with van der Waals surface area (Å²) in [6.07, 6.45) is 0. The fourth-order valence-corrected chi connectivity index (χ4v) is 1.41. The van der Waals surface area contributed by atoms with Crippen LogP contribution in [0, 0.1) is 5.92 Å². The van der Waals surface area contributed by atoms with Gasteiger partial charge in [-0.3, -0.25) is 0 Å². The average molecular weight is 554 g/mol. The Morgan fingerprint density at radius 3 is 1.17 bits per heavy atom. The van der Waals surface area contributed by atoms with Gasteiger partial charge >= 0.3 is 21.7 Å². The maximum Gasteiger partial charge on any atom is 4.00 e. The number of phenolic OH excluding ortho intramolecular Hbond substituents is 1. The Morgan fingerprint density at radius 2 is 0.944 bits per heavy atom. The SMILES string of the molecule is CC(C)(C)O.CC(C)(C)O.CC(C)(C)O.CC(C)(C)O.CC(C)[C@@H](CO)NCc1ccccc1O.[Ti+4]. The summed E-state index contributed by atoms with van der Waals surface area (Å²) in [5, 5.41) is 56.0. The van der Waals surface area contributed by atoms with Crippen molar-refractivity contribution in [3.63, 3.8) is 0 Å². The minimum absolute atomic E-state index is 0. The van der Waals surface area contributed by atoms with Crippen LogP contribution in [0.2, 0.25) is 0 Å². The van der Waals surface area contributed by atoms with Crippen LogP contribution < -0.4 is 5.32 Å². The second-order valence-corrected chi connectivity index (χ2v) is 12.7. The zero-order valence-electron chi connectivity index (χ0n) is 25.6. The fourth-order valence-electron chi connectivity index (χ4n) is 1.41. The molecule has 0 spiro atoms. The molecule has 1 atom stereocenters. The van der Waals surface area contributed by atoms with E-state index in [1.54, 1.807) is 95.2 Å². The molecule has 1 rings (SSSR count). The van der Waals surface area contributed by atoms with Crippen LogP contribution in [0.25, 0.3) is 0 Å². The Hall–Kier alpha value is -0.506. The minimum Gasteiger partial charge on any atom is -0.508 e. The molecule has 0 unspecified atom stereocenters. The van der Waals surface area contributed by atoms with Crippen molar-refractivity contribution in [3.05, 3.63) is 29.8 Å². The number of nitrogens with one attached hydrogen (secondary N) is 1. The number of aliphatic hydroxyl groups is 5. The van der Waals surface area contributed by atoms with E-state index in [1.807, 2.05) is 12.1 Å². The van der Waals surface area contributed by atoms with E-state index >= 15 is 0 Å². The standard InChI is InChI=1S/C12H19NO2.4C4H10O.Ti/c1-9(2)11(8-14)13-7-10-5-3-4-6-12(10)15;4*1-4(2,3)5;/h3-6,9,11,13-15H,7-8H2,1-2H3;4*5H,1-3H3;/q;;;;;+4/t11-;;;;;/m1...../s1. The van der Waals surface area contributed by atoms with E-state index in [-0.39, 0.29) is 34.4 Å². The molecule has 0 amide bonds. The van der Waals surface area contributed by atoms with Crippen molar-refractivity contribution in [3.8, 4) is 5.75 Å². The molecule has 0 radical (unpaired) electrons. The number of hydrogen-bond acceptors (Lipinski definition) is 7. The van der Waals surface area contributed by atoms with Gasteiger partial charge in [-0.2, -0.15) is 0 Å². The minimum atomic E-state index is -0.500. The molecule has 212 valence electrons. The van der Waals surface area contributed by atoms with Crippen LogP contribution in [0.15, 0.2) is 24.3 Å². The summed E-state index contributed by atoms with van der Waals surface area (Å²) in [5.41, 5.74) is -1.14. The third-order valence-electron chi connectivity index (χ3n) is 2.55. The maximum absolute atomic E-state index is 9.53. The normalized spacial score (nSPS) is 12.1. The first-order valence-corrected chi connectivity index (χ1v) is 12.2. The Morgan fingerprint density at radius 1 is 0.667 bits per heavy atom. The number of hydrogen-bond donors (Lipinski definition) is 7. The van der Waals surface area contributed by atoms with E-state index < -0.39 is 22.4 Å². The molecule has 0 heterocycles. The first-order valence-electron chi connectivity index (χ1n) is 12.2. The second-order valence-electron chi connectivity index (χ2n) is 12.7. The molecule has 0 bridgehead atoms. The van der Waals surface area contributed by atoms with Crippen LogP contribution >= 0.6 is 0 Å². The molecule has 1 aromatic rings. The van der Waals surface area contributed by atoms with Crippen LogP contribution in [0.1, 0.15) is 102 Å². The summed E-state index contributed by atoms with van der Waals surface area (Å²) in [4.78, 5) is 0. The molecule has 7 nitrogen and oxygen atoms in total. The topological polar surface area (TPSA) is 133 Å². The Balaban J connectivity index is -0.000000127. The summed E-state index contributed by atoms with van der Waals surface area (Å²) in [6, 6.07) is 7.30. The van der Waals surface area contributed by atoms with E-state index in [0.29, 0.717) is 18.2 Å². The second kappa shape index (κ2) is 21.4. The molecule has 0 saturated carbocycles. The van der Waals surface area contributed by atoms with E-state index in [4.69, 9.17) is 25.5 Å². The maximum atomic E-state index is 9.53. The Labute approximate surface area is 237 Å². The van der Waals surface area contributed by atoms with Crippen molar-refractivity contribution in [1.82, 2.24) is 5.32 Å². The van der Waals surface area contributed by atoms with E-state index in [1.165, 1.54) is 0 Å². The van der Waals surface area contributed by atoms with Gasteiger partial charge in [-0.25, -0.2) is 0 Å². The van der Waals surface area contributed by atoms with E-state index in [2.05, 4.69) is 19.2 Å². The number of para-hydroxylation sites is 1. The summed E-state index contributed by atoms with van der Waals surface area (Å²) < 4.78 is 0. The zero-order chi connectivity index (χ0) is 29.3. The quantitative estimate of drug-likeness (QED) is 0.265. The molecule has 0 fully saturated rings. The van der Waals surface area contributed by atoms with Gasteiger partial charge in [-0.1, -0.05) is 32.0 Å². The van der Waals surface area contributed by atoms with Crippen molar-refractivity contribution in [2.45, 2.75) is 132 Å². The molecule has 36 heavy (non-hydrogen) atoms. The molecule has 1 aromatic carbocycles. The van der Waals surface area contributed by atoms with Crippen molar-refractivity contribution >= 4 is 0 Å². The van der Waals surface area contributed by atoms with Crippen LogP contribution in [0.4, 0.5) is 0 Å². The van der Waals surface area contributed by atoms with Gasteiger partial charge in [0.1, 0.15) is 5.75 Å². The van der Waals surface area contributed by atoms with Gasteiger partial charge in [0.05, 0.1) is 29.0 Å². The van der Waals surface area contributed by atoms with Crippen LogP contribution in [0.5, 0.6) is 5.75 Å². The molecule has 0 aliphatic heterocycles.